The molecule has 0 unspecified atom stereocenters. The zero-order valence-electron chi connectivity index (χ0n) is 17.5. The Morgan fingerprint density at radius 3 is 0.975 bits per heavy atom. The summed E-state index contributed by atoms with van der Waals surface area (Å²) in [5.41, 5.74) is -6.92. The number of phosphoric acid groups is 1. The minimum atomic E-state index is -9.24. The quantitative estimate of drug-likeness (QED) is 0.167. The van der Waals surface area contributed by atoms with Gasteiger partial charge in [-0.1, -0.05) is 0 Å². The molecule has 0 saturated carbocycles. The number of hydrogen-bond donors (Lipinski definition) is 2. The van der Waals surface area contributed by atoms with Gasteiger partial charge in [-0.2, -0.15) is 87.8 Å². The topological polar surface area (TPSA) is 66.8 Å². The molecule has 27 heteroatoms. The Kier molecular flexibility index (Phi) is 9.73. The second-order valence-electron chi connectivity index (χ2n) is 7.53. The van der Waals surface area contributed by atoms with Gasteiger partial charge in [-0.05, 0) is 0 Å². The van der Waals surface area contributed by atoms with E-state index in [-0.39, 0.29) is 0 Å². The summed E-state index contributed by atoms with van der Waals surface area (Å²) in [6.07, 6.45) is -29.1. The van der Waals surface area contributed by atoms with Gasteiger partial charge in [0.2, 0.25) is 0 Å². The monoisotopic (exact) mass is 676 g/mol. The third kappa shape index (κ3) is 6.32. The average molecular weight is 676 g/mol. The highest BCUT2D eigenvalue weighted by Crippen LogP contribution is 2.66. The lowest BCUT2D eigenvalue weighted by Gasteiger charge is -2.47. The van der Waals surface area contributed by atoms with Gasteiger partial charge < -0.3 is 9.79 Å². The first-order valence-corrected chi connectivity index (χ1v) is 10.2. The maximum Gasteiger partial charge on any atom is 0.470 e. The molecule has 0 heterocycles. The number of alkyl halides is 22. The molecule has 0 aromatic heterocycles. The van der Waals surface area contributed by atoms with Crippen LogP contribution in [-0.4, -0.2) is 75.6 Å². The fourth-order valence-corrected chi connectivity index (χ4v) is 3.40. The van der Waals surface area contributed by atoms with Crippen molar-refractivity contribution in [1.29, 1.82) is 0 Å². The van der Waals surface area contributed by atoms with E-state index in [2.05, 4.69) is 4.52 Å². The second-order valence-corrected chi connectivity index (χ2v) is 8.69. The van der Waals surface area contributed by atoms with E-state index in [0.717, 1.165) is 0 Å². The predicted molar refractivity (Wildman–Crippen MR) is 77.8 cm³/mol. The highest BCUT2D eigenvalue weighted by atomic mass is 31.2. The molecule has 0 aliphatic rings. The third-order valence-electron chi connectivity index (χ3n) is 4.50. The summed E-state index contributed by atoms with van der Waals surface area (Å²) in [6.45, 7) is 0. The van der Waals surface area contributed by atoms with Crippen molar-refractivity contribution in [3.63, 3.8) is 0 Å². The first-order valence-electron chi connectivity index (χ1n) is 8.64. The smallest absolute Gasteiger partial charge is 0.303 e. The summed E-state index contributed by atoms with van der Waals surface area (Å²) in [5.74, 6) is -61.6. The van der Waals surface area contributed by atoms with Crippen molar-refractivity contribution in [3.05, 3.63) is 0 Å². The average Bonchev–Trinajstić information content (AvgIpc) is 2.62. The normalized spacial score (nSPS) is 16.6. The standard InChI is InChI=1S/C13H7F22O4P/c14-3(15)7(22,23)9(26,27)11(30,31)13(34,35)12(32,33)10(28,29)8(24,25)4(1-5(16,17)18,2-6(19,20)21)39-40(36,37)38/h3H,1-2H2,(H2,36,37,38). The van der Waals surface area contributed by atoms with Crippen molar-refractivity contribution in [1.82, 2.24) is 0 Å². The van der Waals surface area contributed by atoms with Crippen LogP contribution in [0.4, 0.5) is 96.6 Å². The molecule has 0 saturated heterocycles. The molecule has 40 heavy (non-hydrogen) atoms. The van der Waals surface area contributed by atoms with Crippen LogP contribution >= 0.6 is 7.82 Å². The molecule has 0 atom stereocenters. The Labute approximate surface area is 203 Å². The molecule has 0 radical (unpaired) electrons. The van der Waals surface area contributed by atoms with Gasteiger partial charge in [0, 0.05) is 0 Å². The van der Waals surface area contributed by atoms with Crippen molar-refractivity contribution in [3.8, 4) is 0 Å². The number of phosphoric ester groups is 1. The Hall–Kier alpha value is -1.43. The zero-order valence-corrected chi connectivity index (χ0v) is 18.4. The summed E-state index contributed by atoms with van der Waals surface area (Å²) in [5, 5.41) is 0. The van der Waals surface area contributed by atoms with Crippen LogP contribution in [0.2, 0.25) is 0 Å². The highest BCUT2D eigenvalue weighted by Gasteiger charge is 2.95. The molecule has 2 N–H and O–H groups in total. The van der Waals surface area contributed by atoms with Crippen molar-refractivity contribution in [2.45, 2.75) is 78.7 Å². The van der Waals surface area contributed by atoms with Crippen LogP contribution in [0.1, 0.15) is 12.8 Å². The summed E-state index contributed by atoms with van der Waals surface area (Å²) >= 11 is 0. The molecule has 0 rings (SSSR count). The molecule has 0 aromatic rings. The minimum absolute atomic E-state index is 2.34. The molecule has 0 fully saturated rings. The van der Waals surface area contributed by atoms with Crippen molar-refractivity contribution >= 4 is 7.82 Å². The van der Waals surface area contributed by atoms with Crippen molar-refractivity contribution < 1.29 is 115 Å². The predicted octanol–water partition coefficient (Wildman–Crippen LogP) is 7.45. The molecule has 0 aromatic carbocycles. The Morgan fingerprint density at radius 1 is 0.500 bits per heavy atom. The first-order chi connectivity index (χ1) is 16.8. The summed E-state index contributed by atoms with van der Waals surface area (Å²) < 4.78 is 305. The van der Waals surface area contributed by atoms with Crippen LogP contribution in [0.25, 0.3) is 0 Å². The van der Waals surface area contributed by atoms with Gasteiger partial charge in [0.25, 0.3) is 0 Å². The van der Waals surface area contributed by atoms with Crippen LogP contribution in [-0.2, 0) is 9.09 Å². The van der Waals surface area contributed by atoms with Gasteiger partial charge >= 0.3 is 68.1 Å². The maximum atomic E-state index is 14.5. The Balaban J connectivity index is 7.65. The number of halogens is 22. The van der Waals surface area contributed by atoms with Gasteiger partial charge in [-0.3, -0.25) is 4.52 Å². The maximum absolute atomic E-state index is 14.5. The minimum Gasteiger partial charge on any atom is -0.303 e. The zero-order chi connectivity index (χ0) is 33.2. The summed E-state index contributed by atoms with van der Waals surface area (Å²) in [4.78, 5) is 16.8. The molecule has 0 spiro atoms. The van der Waals surface area contributed by atoms with E-state index in [1.54, 1.807) is 0 Å². The SMILES string of the molecule is O=P(O)(O)OC(CC(F)(F)F)(CC(F)(F)F)C(F)(F)C(F)(F)C(F)(F)C(F)(F)C(F)(F)C(F)(F)C(F)(F)C(F)F. The van der Waals surface area contributed by atoms with E-state index in [9.17, 15) is 101 Å². The van der Waals surface area contributed by atoms with Crippen LogP contribution in [0, 0.1) is 0 Å². The fourth-order valence-electron chi connectivity index (χ4n) is 2.70. The lowest BCUT2D eigenvalue weighted by molar-refractivity contribution is -0.457. The van der Waals surface area contributed by atoms with Crippen LogP contribution in [0.3, 0.4) is 0 Å². The molecular weight excluding hydrogens is 669 g/mol. The lowest BCUT2D eigenvalue weighted by atomic mass is 9.79. The van der Waals surface area contributed by atoms with Gasteiger partial charge in [0.1, 0.15) is 0 Å². The Bertz CT molecular complexity index is 929. The molecule has 4 nitrogen and oxygen atoms in total. The van der Waals surface area contributed by atoms with Crippen LogP contribution < -0.4 is 0 Å². The number of hydrogen-bond acceptors (Lipinski definition) is 2. The molecule has 242 valence electrons. The van der Waals surface area contributed by atoms with E-state index < -0.39 is 86.5 Å². The van der Waals surface area contributed by atoms with Gasteiger partial charge in [-0.15, -0.1) is 0 Å². The van der Waals surface area contributed by atoms with Crippen molar-refractivity contribution in [2.75, 3.05) is 0 Å². The van der Waals surface area contributed by atoms with E-state index in [4.69, 9.17) is 9.79 Å². The molecule has 0 aliphatic heterocycles. The lowest BCUT2D eigenvalue weighted by Crippen LogP contribution is -2.76. The fraction of sp³-hybridized carbons (Fsp3) is 1.00. The Morgan fingerprint density at radius 2 is 0.750 bits per heavy atom. The van der Waals surface area contributed by atoms with E-state index in [0.29, 0.717) is 0 Å². The van der Waals surface area contributed by atoms with E-state index in [1.807, 2.05) is 0 Å². The summed E-state index contributed by atoms with van der Waals surface area (Å²) in [6, 6.07) is 0. The highest BCUT2D eigenvalue weighted by molar-refractivity contribution is 7.46. The van der Waals surface area contributed by atoms with Gasteiger partial charge in [0.15, 0.2) is 5.60 Å². The second kappa shape index (κ2) is 10.1. The summed E-state index contributed by atoms with van der Waals surface area (Å²) in [7, 11) is -7.51. The molecule has 0 aliphatic carbocycles. The van der Waals surface area contributed by atoms with Gasteiger partial charge in [-0.25, -0.2) is 13.3 Å². The number of rotatable bonds is 12. The first kappa shape index (κ1) is 38.6. The van der Waals surface area contributed by atoms with Crippen LogP contribution in [0.15, 0.2) is 0 Å². The van der Waals surface area contributed by atoms with Crippen molar-refractivity contribution in [2.24, 2.45) is 0 Å². The molecular formula is C13H7F22O4P. The molecule has 0 amide bonds. The largest absolute Gasteiger partial charge is 0.470 e. The van der Waals surface area contributed by atoms with E-state index >= 15 is 0 Å². The molecule has 0 bridgehead atoms. The van der Waals surface area contributed by atoms with Crippen LogP contribution in [0.5, 0.6) is 0 Å². The van der Waals surface area contributed by atoms with E-state index in [1.165, 1.54) is 0 Å². The van der Waals surface area contributed by atoms with Gasteiger partial charge in [0.05, 0.1) is 12.8 Å². The third-order valence-corrected chi connectivity index (χ3v) is 5.09.